The Morgan fingerprint density at radius 3 is 0.661 bits per heavy atom. The molecule has 0 unspecified atom stereocenters. The van der Waals surface area contributed by atoms with Crippen LogP contribution in [0.1, 0.15) is 25.0 Å². The number of hydrogen-bond acceptors (Lipinski definition) is 2. The third-order valence-electron chi connectivity index (χ3n) is 7.88. The molecule has 2 aromatic carbocycles. The van der Waals surface area contributed by atoms with Crippen LogP contribution < -0.4 is 9.47 Å². The van der Waals surface area contributed by atoms with Crippen LogP contribution >= 0.6 is 0 Å². The average Bonchev–Trinajstić information content (AvgIpc) is 2.95. The van der Waals surface area contributed by atoms with Crippen molar-refractivity contribution in [1.29, 1.82) is 0 Å². The van der Waals surface area contributed by atoms with E-state index in [4.69, 9.17) is 0 Å². The van der Waals surface area contributed by atoms with Crippen molar-refractivity contribution in [2.24, 2.45) is 23.7 Å². The van der Waals surface area contributed by atoms with E-state index in [-0.39, 0.29) is 11.1 Å². The van der Waals surface area contributed by atoms with Gasteiger partial charge >= 0.3 is 49.4 Å². The number of ether oxygens (including phenoxy) is 2. The number of rotatable bonds is 10. The van der Waals surface area contributed by atoms with Crippen LogP contribution in [0, 0.1) is 23.7 Å². The van der Waals surface area contributed by atoms with E-state index in [1.807, 2.05) is 0 Å². The van der Waals surface area contributed by atoms with Gasteiger partial charge in [-0.1, -0.05) is 38.1 Å². The van der Waals surface area contributed by atoms with Gasteiger partial charge in [-0.2, -0.15) is 114 Å². The van der Waals surface area contributed by atoms with Crippen LogP contribution in [0.2, 0.25) is 0 Å². The molecule has 0 radical (unpaired) electrons. The lowest BCUT2D eigenvalue weighted by Gasteiger charge is -2.32. The van der Waals surface area contributed by atoms with Crippen molar-refractivity contribution < 1.29 is 124 Å². The Balaban J connectivity index is 2.66. The molecule has 0 heterocycles. The summed E-state index contributed by atoms with van der Waals surface area (Å²) in [5.74, 6) is -25.5. The summed E-state index contributed by atoms with van der Waals surface area (Å²) in [6.45, 7) is 2.33. The molecule has 336 valence electrons. The highest BCUT2D eigenvalue weighted by Crippen LogP contribution is 2.56. The first kappa shape index (κ1) is 50.8. The fraction of sp³-hybridized carbons (Fsp3) is 0.484. The summed E-state index contributed by atoms with van der Waals surface area (Å²) >= 11 is 0. The highest BCUT2D eigenvalue weighted by Gasteiger charge is 2.71. The van der Waals surface area contributed by atoms with Crippen molar-refractivity contribution >= 4 is 0 Å². The minimum atomic E-state index is -7.01. The van der Waals surface area contributed by atoms with Gasteiger partial charge in [-0.05, 0) is 35.4 Å². The second kappa shape index (κ2) is 16.3. The van der Waals surface area contributed by atoms with Crippen LogP contribution in [0.25, 0.3) is 0 Å². The van der Waals surface area contributed by atoms with Crippen LogP contribution in [0.5, 0.6) is 11.5 Å². The molecule has 2 rings (SSSR count). The standard InChI is InChI=1S/C31H18F26O2/c1-23(2,11-3-7-13(8-4-11)58-21(32)15(17(24(34,35)36)25(37,38)39)18(26(40,41)42)27(43,44)45)12-5-9-14(10-6-12)59-22(33)16(19(28(46,47)48)29(49,50)51)20(30(52,53)54)31(55,56)57/h3-10,17-20H,1-2H3. The second-order valence-electron chi connectivity index (χ2n) is 12.4. The quantitative estimate of drug-likeness (QED) is 0.175. The maximum Gasteiger partial charge on any atom is 0.404 e. The van der Waals surface area contributed by atoms with Crippen molar-refractivity contribution in [3.63, 3.8) is 0 Å². The minimum Gasteiger partial charge on any atom is -0.432 e. The number of halogens is 26. The molecule has 0 aromatic heterocycles. The molecular weight excluding hydrogens is 898 g/mol. The largest absolute Gasteiger partial charge is 0.432 e. The normalized spacial score (nSPS) is 14.4. The van der Waals surface area contributed by atoms with Crippen molar-refractivity contribution in [3.05, 3.63) is 82.8 Å². The smallest absolute Gasteiger partial charge is 0.404 e. The molecule has 0 spiro atoms. The topological polar surface area (TPSA) is 18.5 Å². The van der Waals surface area contributed by atoms with Crippen molar-refractivity contribution in [3.8, 4) is 11.5 Å². The van der Waals surface area contributed by atoms with Gasteiger partial charge in [-0.3, -0.25) is 0 Å². The van der Waals surface area contributed by atoms with Crippen molar-refractivity contribution in [2.75, 3.05) is 0 Å². The molecule has 0 atom stereocenters. The minimum absolute atomic E-state index is 0.167. The summed E-state index contributed by atoms with van der Waals surface area (Å²) in [4.78, 5) is 0. The highest BCUT2D eigenvalue weighted by atomic mass is 19.4. The zero-order valence-corrected chi connectivity index (χ0v) is 28.1. The van der Waals surface area contributed by atoms with E-state index < -0.39 is 113 Å². The lowest BCUT2D eigenvalue weighted by molar-refractivity contribution is -0.305. The molecule has 59 heavy (non-hydrogen) atoms. The van der Waals surface area contributed by atoms with E-state index in [1.54, 1.807) is 0 Å². The van der Waals surface area contributed by atoms with Gasteiger partial charge in [0.1, 0.15) is 11.5 Å². The maximum atomic E-state index is 14.9. The fourth-order valence-corrected chi connectivity index (χ4v) is 5.31. The first-order valence-corrected chi connectivity index (χ1v) is 14.8. The monoisotopic (exact) mass is 916 g/mol. The van der Waals surface area contributed by atoms with Gasteiger partial charge in [-0.15, -0.1) is 0 Å². The molecule has 0 amide bonds. The van der Waals surface area contributed by atoms with Crippen LogP contribution in [0.15, 0.2) is 71.7 Å². The predicted molar refractivity (Wildman–Crippen MR) is 145 cm³/mol. The number of allylic oxidation sites excluding steroid dienone is 2. The van der Waals surface area contributed by atoms with Crippen molar-refractivity contribution in [1.82, 2.24) is 0 Å². The summed E-state index contributed by atoms with van der Waals surface area (Å²) < 4.78 is 357. The van der Waals surface area contributed by atoms with E-state index in [2.05, 4.69) is 9.47 Å². The molecule has 0 aliphatic rings. The SMILES string of the molecule is CC(C)(c1ccc(OC(F)=C(C(C(F)(F)F)C(F)(F)F)C(C(F)(F)F)C(F)(F)F)cc1)c1ccc(OC(F)=C(C(C(F)(F)F)C(F)(F)F)C(C(F)(F)F)C(F)(F)F)cc1. The molecule has 0 aliphatic heterocycles. The van der Waals surface area contributed by atoms with Crippen molar-refractivity contribution in [2.45, 2.75) is 68.7 Å². The van der Waals surface area contributed by atoms with E-state index >= 15 is 0 Å². The Bertz CT molecular complexity index is 1540. The van der Waals surface area contributed by atoms with Gasteiger partial charge in [0.15, 0.2) is 23.7 Å². The molecule has 0 aliphatic carbocycles. The van der Waals surface area contributed by atoms with E-state index in [0.29, 0.717) is 48.5 Å². The number of benzene rings is 2. The molecule has 0 bridgehead atoms. The van der Waals surface area contributed by atoms with Crippen LogP contribution in [0.3, 0.4) is 0 Å². The molecule has 0 saturated carbocycles. The van der Waals surface area contributed by atoms with E-state index in [0.717, 1.165) is 0 Å². The summed E-state index contributed by atoms with van der Waals surface area (Å²) in [7, 11) is 0. The van der Waals surface area contributed by atoms with Gasteiger partial charge in [0.2, 0.25) is 0 Å². The van der Waals surface area contributed by atoms with E-state index in [1.165, 1.54) is 13.8 Å². The molecule has 28 heteroatoms. The van der Waals surface area contributed by atoms with Crippen LogP contribution in [-0.2, 0) is 5.41 Å². The second-order valence-corrected chi connectivity index (χ2v) is 12.4. The third-order valence-corrected chi connectivity index (χ3v) is 7.88. The van der Waals surface area contributed by atoms with Gasteiger partial charge < -0.3 is 9.47 Å². The predicted octanol–water partition coefficient (Wildman–Crippen LogP) is 14.1. The average molecular weight is 916 g/mol. The first-order valence-electron chi connectivity index (χ1n) is 14.8. The zero-order valence-electron chi connectivity index (χ0n) is 28.1. The third kappa shape index (κ3) is 12.4. The van der Waals surface area contributed by atoms with Crippen LogP contribution in [-0.4, -0.2) is 49.4 Å². The molecule has 2 aromatic rings. The highest BCUT2D eigenvalue weighted by molar-refractivity contribution is 5.42. The molecule has 0 N–H and O–H groups in total. The summed E-state index contributed by atoms with van der Waals surface area (Å²) in [6.07, 6.45) is -56.1. The summed E-state index contributed by atoms with van der Waals surface area (Å²) in [5.41, 5.74) is -9.86. The zero-order chi connectivity index (χ0) is 46.5. The van der Waals surface area contributed by atoms with Crippen LogP contribution in [0.4, 0.5) is 114 Å². The Kier molecular flexibility index (Phi) is 14.0. The lowest BCUT2D eigenvalue weighted by atomic mass is 9.78. The number of alkyl halides is 24. The first-order chi connectivity index (χ1) is 25.9. The van der Waals surface area contributed by atoms with Gasteiger partial charge in [0.25, 0.3) is 12.0 Å². The number of hydrogen-bond donors (Lipinski definition) is 0. The summed E-state index contributed by atoms with van der Waals surface area (Å²) in [5, 5.41) is 0. The molecule has 0 fully saturated rings. The molecular formula is C31H18F26O2. The fourth-order valence-electron chi connectivity index (χ4n) is 5.31. The Morgan fingerprint density at radius 2 is 0.508 bits per heavy atom. The van der Waals surface area contributed by atoms with E-state index in [9.17, 15) is 114 Å². The lowest BCUT2D eigenvalue weighted by Crippen LogP contribution is -2.47. The van der Waals surface area contributed by atoms with Gasteiger partial charge in [0, 0.05) is 16.6 Å². The summed E-state index contributed by atoms with van der Waals surface area (Å²) in [6, 6.07) is -2.87. The van der Waals surface area contributed by atoms with Gasteiger partial charge in [0.05, 0.1) is 0 Å². The Hall–Kier alpha value is -4.30. The Labute approximate surface area is 311 Å². The Morgan fingerprint density at radius 1 is 0.339 bits per heavy atom. The molecule has 2 nitrogen and oxygen atoms in total. The molecule has 0 saturated heterocycles. The maximum absolute atomic E-state index is 14.9. The van der Waals surface area contributed by atoms with Gasteiger partial charge in [-0.25, -0.2) is 0 Å².